The van der Waals surface area contributed by atoms with Crippen molar-refractivity contribution in [2.45, 2.75) is 26.3 Å². The van der Waals surface area contributed by atoms with Gasteiger partial charge in [-0.3, -0.25) is 9.59 Å². The highest BCUT2D eigenvalue weighted by Gasteiger charge is 2.33. The Hall–Kier alpha value is -4.38. The van der Waals surface area contributed by atoms with Crippen LogP contribution in [0.5, 0.6) is 5.75 Å². The predicted octanol–water partition coefficient (Wildman–Crippen LogP) is 6.11. The first-order chi connectivity index (χ1) is 18.0. The summed E-state index contributed by atoms with van der Waals surface area (Å²) in [5, 5.41) is 2.88. The zero-order chi connectivity index (χ0) is 25.8. The van der Waals surface area contributed by atoms with Crippen molar-refractivity contribution in [1.82, 2.24) is 4.90 Å². The van der Waals surface area contributed by atoms with Crippen molar-refractivity contribution in [3.8, 4) is 5.75 Å². The summed E-state index contributed by atoms with van der Waals surface area (Å²) in [6, 6.07) is 31.0. The maximum Gasteiger partial charge on any atom is 0.262 e. The highest BCUT2D eigenvalue weighted by molar-refractivity contribution is 5.95. The van der Waals surface area contributed by atoms with E-state index >= 15 is 0 Å². The summed E-state index contributed by atoms with van der Waals surface area (Å²) in [4.78, 5) is 28.1. The fraction of sp³-hybridized carbons (Fsp3) is 0.188. The third-order valence-corrected chi connectivity index (χ3v) is 6.66. The van der Waals surface area contributed by atoms with Crippen LogP contribution >= 0.6 is 0 Å². The van der Waals surface area contributed by atoms with Crippen molar-refractivity contribution in [3.05, 3.63) is 130 Å². The smallest absolute Gasteiger partial charge is 0.262 e. The number of carbonyl (C=O) groups excluding carboxylic acids is 2. The topological polar surface area (TPSA) is 58.6 Å². The first kappa shape index (κ1) is 24.3. The number of hydrogen-bond donors (Lipinski definition) is 1. The minimum absolute atomic E-state index is 0.00149. The number of rotatable bonds is 6. The van der Waals surface area contributed by atoms with Crippen molar-refractivity contribution in [2.75, 3.05) is 18.5 Å². The molecule has 37 heavy (non-hydrogen) atoms. The van der Waals surface area contributed by atoms with Crippen LogP contribution in [0.15, 0.2) is 97.1 Å². The van der Waals surface area contributed by atoms with E-state index in [0.29, 0.717) is 17.9 Å². The molecular formula is C32H30N2O3. The van der Waals surface area contributed by atoms with Crippen molar-refractivity contribution in [3.63, 3.8) is 0 Å². The second-order valence-electron chi connectivity index (χ2n) is 9.50. The van der Waals surface area contributed by atoms with Crippen molar-refractivity contribution < 1.29 is 14.3 Å². The zero-order valence-corrected chi connectivity index (χ0v) is 21.1. The molecule has 0 spiro atoms. The van der Waals surface area contributed by atoms with E-state index in [1.54, 1.807) is 0 Å². The Bertz CT molecular complexity index is 1430. The number of amides is 2. The maximum absolute atomic E-state index is 13.6. The van der Waals surface area contributed by atoms with E-state index in [1.807, 2.05) is 84.6 Å². The Balaban J connectivity index is 1.42. The molecule has 0 aliphatic carbocycles. The van der Waals surface area contributed by atoms with E-state index in [9.17, 15) is 9.59 Å². The molecule has 4 aromatic carbocycles. The Morgan fingerprint density at radius 3 is 2.38 bits per heavy atom. The fourth-order valence-electron chi connectivity index (χ4n) is 4.92. The first-order valence-corrected chi connectivity index (χ1v) is 12.5. The molecule has 0 radical (unpaired) electrons. The lowest BCUT2D eigenvalue weighted by Gasteiger charge is -2.38. The van der Waals surface area contributed by atoms with Gasteiger partial charge in [-0.05, 0) is 78.9 Å². The van der Waals surface area contributed by atoms with Crippen LogP contribution in [0.3, 0.4) is 0 Å². The second kappa shape index (κ2) is 10.7. The molecule has 2 amide bonds. The summed E-state index contributed by atoms with van der Waals surface area (Å²) < 4.78 is 5.91. The highest BCUT2D eigenvalue weighted by Crippen LogP contribution is 2.38. The lowest BCUT2D eigenvalue weighted by atomic mass is 9.87. The molecule has 5 rings (SSSR count). The van der Waals surface area contributed by atoms with Gasteiger partial charge in [-0.25, -0.2) is 0 Å². The molecule has 5 nitrogen and oxygen atoms in total. The van der Waals surface area contributed by atoms with Crippen LogP contribution in [0.25, 0.3) is 0 Å². The molecule has 0 unspecified atom stereocenters. The van der Waals surface area contributed by atoms with Gasteiger partial charge in [0.05, 0.1) is 6.04 Å². The van der Waals surface area contributed by atoms with E-state index in [2.05, 4.69) is 36.5 Å². The number of nitrogens with one attached hydrogen (secondary N) is 1. The largest absolute Gasteiger partial charge is 0.484 e. The number of fused-ring (bicyclic) bond motifs is 1. The minimum Gasteiger partial charge on any atom is -0.484 e. The van der Waals surface area contributed by atoms with Gasteiger partial charge in [0.15, 0.2) is 6.61 Å². The number of benzene rings is 4. The predicted molar refractivity (Wildman–Crippen MR) is 146 cm³/mol. The van der Waals surface area contributed by atoms with Gasteiger partial charge >= 0.3 is 0 Å². The summed E-state index contributed by atoms with van der Waals surface area (Å²) in [6.45, 7) is 4.56. The average Bonchev–Trinajstić information content (AvgIpc) is 2.91. The maximum atomic E-state index is 13.6. The van der Waals surface area contributed by atoms with Crippen LogP contribution in [0, 0.1) is 13.8 Å². The monoisotopic (exact) mass is 490 g/mol. The molecule has 1 aliphatic rings. The highest BCUT2D eigenvalue weighted by atomic mass is 16.5. The molecular weight excluding hydrogens is 460 g/mol. The number of hydrogen-bond acceptors (Lipinski definition) is 3. The minimum atomic E-state index is -0.249. The normalized spacial score (nSPS) is 14.5. The van der Waals surface area contributed by atoms with E-state index in [0.717, 1.165) is 34.4 Å². The van der Waals surface area contributed by atoms with Crippen LogP contribution in [0.4, 0.5) is 5.69 Å². The summed E-state index contributed by atoms with van der Waals surface area (Å²) in [7, 11) is 0. The van der Waals surface area contributed by atoms with E-state index in [-0.39, 0.29) is 24.5 Å². The van der Waals surface area contributed by atoms with Gasteiger partial charge in [0.25, 0.3) is 11.8 Å². The molecule has 186 valence electrons. The SMILES string of the molecule is Cc1cccc(NC(=O)COc2ccc3c(c2)[C@@H](c2cccc(C)c2)N(C(=O)c2ccccc2)CC3)c1. The van der Waals surface area contributed by atoms with Gasteiger partial charge in [0, 0.05) is 17.8 Å². The van der Waals surface area contributed by atoms with Crippen LogP contribution < -0.4 is 10.1 Å². The molecule has 0 saturated heterocycles. The summed E-state index contributed by atoms with van der Waals surface area (Å²) in [5.74, 6) is 0.380. The molecule has 0 bridgehead atoms. The van der Waals surface area contributed by atoms with Crippen molar-refractivity contribution in [2.24, 2.45) is 0 Å². The Morgan fingerprint density at radius 2 is 1.62 bits per heavy atom. The average molecular weight is 491 g/mol. The Kier molecular flexibility index (Phi) is 7.04. The molecule has 1 aliphatic heterocycles. The van der Waals surface area contributed by atoms with Crippen molar-refractivity contribution in [1.29, 1.82) is 0 Å². The van der Waals surface area contributed by atoms with Gasteiger partial charge in [0.1, 0.15) is 5.75 Å². The molecule has 0 saturated carbocycles. The number of carbonyl (C=O) groups is 2. The molecule has 1 heterocycles. The lowest BCUT2D eigenvalue weighted by molar-refractivity contribution is -0.118. The second-order valence-corrected chi connectivity index (χ2v) is 9.50. The van der Waals surface area contributed by atoms with Gasteiger partial charge in [-0.2, -0.15) is 0 Å². The number of aryl methyl sites for hydroxylation is 2. The van der Waals surface area contributed by atoms with Crippen LogP contribution in [0.2, 0.25) is 0 Å². The van der Waals surface area contributed by atoms with E-state index < -0.39 is 0 Å². The lowest BCUT2D eigenvalue weighted by Crippen LogP contribution is -2.40. The van der Waals surface area contributed by atoms with Gasteiger partial charge in [-0.15, -0.1) is 0 Å². The molecule has 0 aromatic heterocycles. The molecule has 1 atom stereocenters. The number of anilines is 1. The number of ether oxygens (including phenoxy) is 1. The van der Waals surface area contributed by atoms with Crippen LogP contribution in [0.1, 0.15) is 44.2 Å². The summed E-state index contributed by atoms with van der Waals surface area (Å²) >= 11 is 0. The fourth-order valence-corrected chi connectivity index (χ4v) is 4.92. The quantitative estimate of drug-likeness (QED) is 0.355. The third-order valence-electron chi connectivity index (χ3n) is 6.66. The number of nitrogens with zero attached hydrogens (tertiary/aromatic N) is 1. The molecule has 4 aromatic rings. The van der Waals surface area contributed by atoms with Gasteiger partial charge < -0.3 is 15.0 Å². The molecule has 1 N–H and O–H groups in total. The molecule has 0 fully saturated rings. The standard InChI is InChI=1S/C32H30N2O3/c1-22-8-6-12-26(18-22)31-29-20-28(37-21-30(35)33-27-13-7-9-23(2)19-27)15-14-24(29)16-17-34(31)32(36)25-10-4-3-5-11-25/h3-15,18-20,31H,16-17,21H2,1-2H3,(H,33,35)/t31-/m1/s1. The zero-order valence-electron chi connectivity index (χ0n) is 21.1. The Morgan fingerprint density at radius 1 is 0.865 bits per heavy atom. The van der Waals surface area contributed by atoms with Gasteiger partial charge in [-0.1, -0.05) is 66.2 Å². The van der Waals surface area contributed by atoms with E-state index in [4.69, 9.17) is 4.74 Å². The molecule has 5 heteroatoms. The first-order valence-electron chi connectivity index (χ1n) is 12.5. The van der Waals surface area contributed by atoms with Crippen molar-refractivity contribution >= 4 is 17.5 Å². The summed E-state index contributed by atoms with van der Waals surface area (Å²) in [5.41, 5.74) is 6.89. The van der Waals surface area contributed by atoms with Crippen LogP contribution in [-0.4, -0.2) is 29.9 Å². The summed E-state index contributed by atoms with van der Waals surface area (Å²) in [6.07, 6.45) is 0.754. The van der Waals surface area contributed by atoms with E-state index in [1.165, 1.54) is 5.56 Å². The Labute approximate surface area is 217 Å². The van der Waals surface area contributed by atoms with Gasteiger partial charge in [0.2, 0.25) is 0 Å². The third kappa shape index (κ3) is 5.56. The van der Waals surface area contributed by atoms with Crippen LogP contribution in [-0.2, 0) is 11.2 Å².